The molecule has 0 radical (unpaired) electrons. The quantitative estimate of drug-likeness (QED) is 0.449. The number of fused-ring (bicyclic) bond motifs is 2. The first-order valence-corrected chi connectivity index (χ1v) is 12.0. The fraction of sp³-hybridized carbons (Fsp3) is 0.500. The van der Waals surface area contributed by atoms with Gasteiger partial charge in [-0.25, -0.2) is 4.98 Å². The summed E-state index contributed by atoms with van der Waals surface area (Å²) in [6.07, 6.45) is 3.17. The summed E-state index contributed by atoms with van der Waals surface area (Å²) in [7, 11) is 0. The van der Waals surface area contributed by atoms with Gasteiger partial charge >= 0.3 is 0 Å². The van der Waals surface area contributed by atoms with E-state index >= 15 is 0 Å². The van der Waals surface area contributed by atoms with E-state index in [0.29, 0.717) is 16.5 Å². The Balaban J connectivity index is 2.00. The van der Waals surface area contributed by atoms with Gasteiger partial charge in [-0.3, -0.25) is 4.79 Å². The number of nitrogen functional groups attached to an aromatic ring is 1. The van der Waals surface area contributed by atoms with E-state index in [0.717, 1.165) is 29.5 Å². The molecule has 1 aliphatic carbocycles. The van der Waals surface area contributed by atoms with E-state index in [4.69, 9.17) is 10.7 Å². The average molecular weight is 427 g/mol. The predicted octanol–water partition coefficient (Wildman–Crippen LogP) is 6.99. The predicted molar refractivity (Wildman–Crippen MR) is 126 cm³/mol. The van der Waals surface area contributed by atoms with Gasteiger partial charge < -0.3 is 5.73 Å². The summed E-state index contributed by atoms with van der Waals surface area (Å²) in [6.45, 7) is 12.8. The Labute approximate surface area is 181 Å². The number of nitrogens with zero attached hydrogens (tertiary/aromatic N) is 1. The summed E-state index contributed by atoms with van der Waals surface area (Å²) in [5.41, 5.74) is 10.8. The van der Waals surface area contributed by atoms with Crippen LogP contribution in [0.5, 0.6) is 0 Å². The first-order chi connectivity index (χ1) is 13.5. The molecule has 1 atom stereocenters. The van der Waals surface area contributed by atoms with Gasteiger partial charge in [0, 0.05) is 26.9 Å². The van der Waals surface area contributed by atoms with Gasteiger partial charge in [0.25, 0.3) is 0 Å². The molecule has 3 aromatic rings. The minimum Gasteiger partial charge on any atom is -0.397 e. The number of rotatable bonds is 2. The fourth-order valence-corrected chi connectivity index (χ4v) is 6.34. The third-order valence-corrected chi connectivity index (χ3v) is 8.11. The molecule has 1 aliphatic rings. The first-order valence-electron chi connectivity index (χ1n) is 10.3. The van der Waals surface area contributed by atoms with Crippen LogP contribution >= 0.6 is 22.7 Å². The topological polar surface area (TPSA) is 56.0 Å². The molecule has 29 heavy (non-hydrogen) atoms. The molecule has 4 rings (SSSR count). The zero-order valence-electron chi connectivity index (χ0n) is 18.2. The van der Waals surface area contributed by atoms with Crippen LogP contribution in [0, 0.1) is 16.7 Å². The molecule has 0 saturated heterocycles. The molecule has 2 N–H and O–H groups in total. The Kier molecular flexibility index (Phi) is 4.90. The van der Waals surface area contributed by atoms with E-state index in [1.54, 1.807) is 11.3 Å². The molecule has 3 nitrogen and oxygen atoms in total. The Morgan fingerprint density at radius 2 is 1.93 bits per heavy atom. The fourth-order valence-electron chi connectivity index (χ4n) is 4.26. The maximum absolute atomic E-state index is 13.1. The van der Waals surface area contributed by atoms with Gasteiger partial charge in [0.1, 0.15) is 4.83 Å². The molecule has 0 saturated carbocycles. The molecule has 0 bridgehead atoms. The molecular formula is C24H30N2OS2. The third-order valence-electron chi connectivity index (χ3n) is 6.12. The largest absolute Gasteiger partial charge is 0.397 e. The number of aryl methyl sites for hydroxylation is 1. The third kappa shape index (κ3) is 3.53. The van der Waals surface area contributed by atoms with E-state index in [-0.39, 0.29) is 11.2 Å². The second kappa shape index (κ2) is 6.92. The molecule has 3 heterocycles. The van der Waals surface area contributed by atoms with Gasteiger partial charge in [-0.15, -0.1) is 22.7 Å². The number of carbonyl (C=O) groups excluding carboxylic acids is 1. The lowest BCUT2D eigenvalue weighted by molar-refractivity contribution is 0.0863. The van der Waals surface area contributed by atoms with Gasteiger partial charge in [0.2, 0.25) is 0 Å². The molecular weight excluding hydrogens is 396 g/mol. The van der Waals surface area contributed by atoms with E-state index in [2.05, 4.69) is 38.3 Å². The van der Waals surface area contributed by atoms with Crippen LogP contribution in [0.2, 0.25) is 0 Å². The number of anilines is 1. The van der Waals surface area contributed by atoms with Crippen molar-refractivity contribution in [1.29, 1.82) is 0 Å². The Hall–Kier alpha value is -1.72. The second-order valence-corrected chi connectivity index (χ2v) is 12.2. The number of ketones is 1. The van der Waals surface area contributed by atoms with Crippen molar-refractivity contribution in [2.24, 2.45) is 16.7 Å². The second-order valence-electron chi connectivity index (χ2n) is 10.3. The maximum atomic E-state index is 13.1. The van der Waals surface area contributed by atoms with Crippen LogP contribution in [-0.2, 0) is 12.8 Å². The number of pyridine rings is 1. The molecule has 0 aromatic carbocycles. The van der Waals surface area contributed by atoms with Gasteiger partial charge in [-0.05, 0) is 47.6 Å². The number of carbonyl (C=O) groups is 1. The lowest BCUT2D eigenvalue weighted by atomic mass is 9.70. The summed E-state index contributed by atoms with van der Waals surface area (Å²) in [6, 6.07) is 4.26. The summed E-state index contributed by atoms with van der Waals surface area (Å²) < 4.78 is 0. The number of thiophene rings is 2. The van der Waals surface area contributed by atoms with Crippen molar-refractivity contribution in [3.05, 3.63) is 33.6 Å². The molecule has 0 spiro atoms. The van der Waals surface area contributed by atoms with Crippen LogP contribution < -0.4 is 5.73 Å². The van der Waals surface area contributed by atoms with Gasteiger partial charge in [-0.1, -0.05) is 47.6 Å². The first kappa shape index (κ1) is 20.5. The Bertz CT molecular complexity index is 1080. The SMILES string of the molecule is CC(C)(C)C(=O)c1sc2nc3c(c(-c4cccs4)c2c1N)CC(C(C)(C)C)CC3. The van der Waals surface area contributed by atoms with Crippen molar-refractivity contribution in [2.45, 2.75) is 60.8 Å². The minimum absolute atomic E-state index is 0.0978. The van der Waals surface area contributed by atoms with Crippen molar-refractivity contribution in [2.75, 3.05) is 5.73 Å². The number of Topliss-reactive ketones (excluding diaryl/α,β-unsaturated/α-hetero) is 1. The van der Waals surface area contributed by atoms with Crippen molar-refractivity contribution in [3.63, 3.8) is 0 Å². The van der Waals surface area contributed by atoms with Crippen molar-refractivity contribution in [1.82, 2.24) is 4.98 Å². The number of hydrogen-bond acceptors (Lipinski definition) is 5. The maximum Gasteiger partial charge on any atom is 0.180 e. The highest BCUT2D eigenvalue weighted by Crippen LogP contribution is 2.48. The summed E-state index contributed by atoms with van der Waals surface area (Å²) >= 11 is 3.21. The molecule has 5 heteroatoms. The molecule has 0 aliphatic heterocycles. The molecule has 0 amide bonds. The zero-order chi connectivity index (χ0) is 21.1. The standard InChI is InChI=1S/C24H30N2OS2/c1-23(2,3)13-9-10-15-14(12-13)17(16-8-7-11-28-16)18-19(25)20(29-22(18)26-15)21(27)24(4,5)6/h7-8,11,13H,9-10,12,25H2,1-6H3. The lowest BCUT2D eigenvalue weighted by Gasteiger charge is -2.35. The summed E-state index contributed by atoms with van der Waals surface area (Å²) in [5, 5.41) is 3.10. The Morgan fingerprint density at radius 1 is 1.21 bits per heavy atom. The highest BCUT2D eigenvalue weighted by atomic mass is 32.1. The van der Waals surface area contributed by atoms with E-state index < -0.39 is 5.41 Å². The smallest absolute Gasteiger partial charge is 0.180 e. The van der Waals surface area contributed by atoms with E-state index in [1.165, 1.54) is 33.0 Å². The van der Waals surface area contributed by atoms with Crippen molar-refractivity contribution < 1.29 is 4.79 Å². The van der Waals surface area contributed by atoms with Crippen LogP contribution in [0.4, 0.5) is 5.69 Å². The highest BCUT2D eigenvalue weighted by Gasteiger charge is 2.34. The Morgan fingerprint density at radius 3 is 2.52 bits per heavy atom. The number of aromatic nitrogens is 1. The van der Waals surface area contributed by atoms with E-state index in [9.17, 15) is 4.79 Å². The van der Waals surface area contributed by atoms with Crippen LogP contribution in [0.25, 0.3) is 20.7 Å². The van der Waals surface area contributed by atoms with Crippen LogP contribution in [0.1, 0.15) is 68.9 Å². The van der Waals surface area contributed by atoms with Gasteiger partial charge in [0.05, 0.1) is 10.6 Å². The monoisotopic (exact) mass is 426 g/mol. The van der Waals surface area contributed by atoms with Crippen molar-refractivity contribution >= 4 is 44.4 Å². The molecule has 1 unspecified atom stereocenters. The van der Waals surface area contributed by atoms with Crippen LogP contribution in [0.15, 0.2) is 17.5 Å². The highest BCUT2D eigenvalue weighted by molar-refractivity contribution is 7.21. The zero-order valence-corrected chi connectivity index (χ0v) is 19.8. The van der Waals surface area contributed by atoms with Crippen LogP contribution in [-0.4, -0.2) is 10.8 Å². The molecule has 154 valence electrons. The van der Waals surface area contributed by atoms with Gasteiger partial charge in [-0.2, -0.15) is 0 Å². The minimum atomic E-state index is -0.463. The van der Waals surface area contributed by atoms with E-state index in [1.807, 2.05) is 20.8 Å². The summed E-state index contributed by atoms with van der Waals surface area (Å²) in [4.78, 5) is 20.9. The molecule has 3 aromatic heterocycles. The molecule has 0 fully saturated rings. The lowest BCUT2D eigenvalue weighted by Crippen LogP contribution is -2.27. The number of hydrogen-bond donors (Lipinski definition) is 1. The van der Waals surface area contributed by atoms with Gasteiger partial charge in [0.15, 0.2) is 5.78 Å². The number of nitrogens with two attached hydrogens (primary N) is 1. The van der Waals surface area contributed by atoms with Crippen molar-refractivity contribution in [3.8, 4) is 10.4 Å². The average Bonchev–Trinajstić information content (AvgIpc) is 3.26. The summed E-state index contributed by atoms with van der Waals surface area (Å²) in [5.74, 6) is 0.712. The normalized spacial score (nSPS) is 17.5. The van der Waals surface area contributed by atoms with Crippen LogP contribution in [0.3, 0.4) is 0 Å².